The lowest BCUT2D eigenvalue weighted by Gasteiger charge is -2.07. The van der Waals surface area contributed by atoms with Crippen molar-refractivity contribution in [2.24, 2.45) is 0 Å². The van der Waals surface area contributed by atoms with E-state index in [1.54, 1.807) is 24.3 Å². The van der Waals surface area contributed by atoms with Gasteiger partial charge >= 0.3 is 5.91 Å². The minimum Gasteiger partial charge on any atom is -0.618 e. The number of rotatable bonds is 4. The van der Waals surface area contributed by atoms with Crippen LogP contribution in [0.3, 0.4) is 0 Å². The summed E-state index contributed by atoms with van der Waals surface area (Å²) in [5.41, 5.74) is 0.483. The van der Waals surface area contributed by atoms with Gasteiger partial charge in [-0.1, -0.05) is 18.2 Å². The Hall–Kier alpha value is -3.41. The van der Waals surface area contributed by atoms with Crippen molar-refractivity contribution in [3.8, 4) is 11.6 Å². The molecule has 0 aliphatic heterocycles. The summed E-state index contributed by atoms with van der Waals surface area (Å²) >= 11 is 0. The third-order valence-electron chi connectivity index (χ3n) is 3.02. The van der Waals surface area contributed by atoms with Gasteiger partial charge < -0.3 is 15.3 Å². The smallest absolute Gasteiger partial charge is 0.321 e. The second kappa shape index (κ2) is 6.57. The molecular formula is C17H13N3O3. The van der Waals surface area contributed by atoms with Crippen LogP contribution >= 0.6 is 0 Å². The van der Waals surface area contributed by atoms with E-state index in [0.29, 0.717) is 22.0 Å². The van der Waals surface area contributed by atoms with Gasteiger partial charge in [-0.05, 0) is 24.3 Å². The van der Waals surface area contributed by atoms with E-state index >= 15 is 0 Å². The molecule has 2 aromatic heterocycles. The zero-order valence-electron chi connectivity index (χ0n) is 12.0. The topological polar surface area (TPSA) is 78.2 Å². The molecule has 6 nitrogen and oxygen atoms in total. The van der Waals surface area contributed by atoms with Crippen molar-refractivity contribution in [2.75, 3.05) is 5.32 Å². The molecule has 0 radical (unpaired) electrons. The normalized spacial score (nSPS) is 10.1. The van der Waals surface area contributed by atoms with Crippen molar-refractivity contribution in [1.29, 1.82) is 0 Å². The van der Waals surface area contributed by atoms with Gasteiger partial charge in [-0.15, -0.1) is 0 Å². The number of ether oxygens (including phenoxy) is 1. The Morgan fingerprint density at radius 1 is 1.04 bits per heavy atom. The first-order valence-corrected chi connectivity index (χ1v) is 6.91. The number of hydrogen-bond donors (Lipinski definition) is 1. The van der Waals surface area contributed by atoms with E-state index in [0.717, 1.165) is 0 Å². The lowest BCUT2D eigenvalue weighted by molar-refractivity contribution is -0.607. The van der Waals surface area contributed by atoms with Crippen LogP contribution in [0.2, 0.25) is 0 Å². The lowest BCUT2D eigenvalue weighted by atomic mass is 10.3. The van der Waals surface area contributed by atoms with E-state index < -0.39 is 5.91 Å². The number of nitrogens with zero attached hydrogens (tertiary/aromatic N) is 2. The van der Waals surface area contributed by atoms with Crippen LogP contribution in [-0.2, 0) is 0 Å². The van der Waals surface area contributed by atoms with Gasteiger partial charge in [0.15, 0.2) is 6.20 Å². The standard InChI is InChI=1S/C17H13N3O3/c21-17(15-8-4-5-11-20(15)22)19-13-9-10-16(18-12-13)23-14-6-2-1-3-7-14/h1-12H,(H,19,21). The lowest BCUT2D eigenvalue weighted by Crippen LogP contribution is -2.36. The Bertz CT molecular complexity index is 805. The quantitative estimate of drug-likeness (QED) is 0.594. The average molecular weight is 307 g/mol. The van der Waals surface area contributed by atoms with E-state index in [9.17, 15) is 10.0 Å². The second-order valence-electron chi connectivity index (χ2n) is 4.67. The number of amides is 1. The summed E-state index contributed by atoms with van der Waals surface area (Å²) < 4.78 is 6.07. The molecule has 1 N–H and O–H groups in total. The van der Waals surface area contributed by atoms with Crippen molar-refractivity contribution >= 4 is 11.6 Å². The van der Waals surface area contributed by atoms with Crippen LogP contribution in [0.15, 0.2) is 73.1 Å². The van der Waals surface area contributed by atoms with Crippen LogP contribution in [0, 0.1) is 5.21 Å². The molecule has 0 aliphatic carbocycles. The Morgan fingerprint density at radius 3 is 2.52 bits per heavy atom. The number of carbonyl (C=O) groups is 1. The van der Waals surface area contributed by atoms with Crippen molar-refractivity contribution in [1.82, 2.24) is 4.98 Å². The number of benzene rings is 1. The zero-order chi connectivity index (χ0) is 16.1. The zero-order valence-corrected chi connectivity index (χ0v) is 12.0. The maximum atomic E-state index is 12.0. The number of carbonyl (C=O) groups excluding carboxylic acids is 1. The van der Waals surface area contributed by atoms with Crippen LogP contribution < -0.4 is 14.8 Å². The summed E-state index contributed by atoms with van der Waals surface area (Å²) in [7, 11) is 0. The monoisotopic (exact) mass is 307 g/mol. The van der Waals surface area contributed by atoms with E-state index in [4.69, 9.17) is 4.74 Å². The predicted octanol–water partition coefficient (Wildman–Crippen LogP) is 2.76. The van der Waals surface area contributed by atoms with E-state index in [1.807, 2.05) is 30.3 Å². The molecule has 0 aliphatic rings. The van der Waals surface area contributed by atoms with Gasteiger partial charge in [-0.2, -0.15) is 4.73 Å². The highest BCUT2D eigenvalue weighted by Crippen LogP contribution is 2.19. The summed E-state index contributed by atoms with van der Waals surface area (Å²) in [6, 6.07) is 17.2. The molecule has 6 heteroatoms. The van der Waals surface area contributed by atoms with Gasteiger partial charge in [0.1, 0.15) is 5.75 Å². The van der Waals surface area contributed by atoms with Gasteiger partial charge in [0, 0.05) is 18.2 Å². The Labute approximate surface area is 132 Å². The highest BCUT2D eigenvalue weighted by molar-refractivity contribution is 6.01. The third kappa shape index (κ3) is 3.62. The molecular weight excluding hydrogens is 294 g/mol. The minimum absolute atomic E-state index is 0.0112. The van der Waals surface area contributed by atoms with E-state index in [1.165, 1.54) is 18.5 Å². The second-order valence-corrected chi connectivity index (χ2v) is 4.67. The largest absolute Gasteiger partial charge is 0.618 e. The van der Waals surface area contributed by atoms with Crippen molar-refractivity contribution in [2.45, 2.75) is 0 Å². The Morgan fingerprint density at radius 2 is 1.83 bits per heavy atom. The molecule has 0 unspecified atom stereocenters. The van der Waals surface area contributed by atoms with Crippen molar-refractivity contribution in [3.63, 3.8) is 0 Å². The predicted molar refractivity (Wildman–Crippen MR) is 84.1 cm³/mol. The summed E-state index contributed by atoms with van der Waals surface area (Å²) in [6.07, 6.45) is 2.73. The van der Waals surface area contributed by atoms with Gasteiger partial charge in [0.05, 0.1) is 11.9 Å². The maximum Gasteiger partial charge on any atom is 0.321 e. The summed E-state index contributed by atoms with van der Waals surface area (Å²) in [4.78, 5) is 16.1. The molecule has 0 bridgehead atoms. The fraction of sp³-hybridized carbons (Fsp3) is 0. The van der Waals surface area contributed by atoms with Crippen LogP contribution in [0.25, 0.3) is 0 Å². The Kier molecular flexibility index (Phi) is 4.15. The van der Waals surface area contributed by atoms with Crippen LogP contribution in [-0.4, -0.2) is 10.9 Å². The average Bonchev–Trinajstić information content (AvgIpc) is 2.58. The van der Waals surface area contributed by atoms with Gasteiger partial charge in [-0.25, -0.2) is 4.98 Å². The molecule has 23 heavy (non-hydrogen) atoms. The molecule has 0 fully saturated rings. The summed E-state index contributed by atoms with van der Waals surface area (Å²) in [5, 5.41) is 14.1. The molecule has 3 rings (SSSR count). The molecule has 3 aromatic rings. The van der Waals surface area contributed by atoms with Crippen molar-refractivity contribution in [3.05, 3.63) is 84.0 Å². The van der Waals surface area contributed by atoms with Crippen LogP contribution in [0.4, 0.5) is 5.69 Å². The van der Waals surface area contributed by atoms with E-state index in [2.05, 4.69) is 10.3 Å². The molecule has 1 amide bonds. The highest BCUT2D eigenvalue weighted by Gasteiger charge is 2.15. The van der Waals surface area contributed by atoms with Crippen molar-refractivity contribution < 1.29 is 14.3 Å². The minimum atomic E-state index is -0.501. The molecule has 2 heterocycles. The highest BCUT2D eigenvalue weighted by atomic mass is 16.5. The molecule has 0 saturated carbocycles. The van der Waals surface area contributed by atoms with Gasteiger partial charge in [-0.3, -0.25) is 4.79 Å². The Balaban J connectivity index is 1.68. The van der Waals surface area contributed by atoms with Crippen LogP contribution in [0.1, 0.15) is 10.5 Å². The SMILES string of the molecule is O=C(Nc1ccc(Oc2ccccc2)nc1)c1cccc[n+]1[O-]. The molecule has 0 saturated heterocycles. The summed E-state index contributed by atoms with van der Waals surface area (Å²) in [5.74, 6) is 0.584. The fourth-order valence-corrected chi connectivity index (χ4v) is 1.92. The first kappa shape index (κ1) is 14.5. The number of pyridine rings is 2. The van der Waals surface area contributed by atoms with Gasteiger partial charge in [0.25, 0.3) is 5.69 Å². The number of anilines is 1. The molecule has 0 atom stereocenters. The maximum absolute atomic E-state index is 12.0. The number of aromatic nitrogens is 2. The summed E-state index contributed by atoms with van der Waals surface area (Å²) in [6.45, 7) is 0. The van der Waals surface area contributed by atoms with Crippen LogP contribution in [0.5, 0.6) is 11.6 Å². The molecule has 0 spiro atoms. The number of nitrogens with one attached hydrogen (secondary N) is 1. The fourth-order valence-electron chi connectivity index (χ4n) is 1.92. The third-order valence-corrected chi connectivity index (χ3v) is 3.02. The molecule has 114 valence electrons. The first-order chi connectivity index (χ1) is 11.2. The first-order valence-electron chi connectivity index (χ1n) is 6.91. The van der Waals surface area contributed by atoms with Gasteiger partial charge in [0.2, 0.25) is 5.88 Å². The molecule has 1 aromatic carbocycles. The number of hydrogen-bond acceptors (Lipinski definition) is 4. The van der Waals surface area contributed by atoms with E-state index in [-0.39, 0.29) is 5.69 Å². The number of para-hydroxylation sites is 1.